The fourth-order valence-electron chi connectivity index (χ4n) is 4.49. The molecule has 0 aliphatic carbocycles. The van der Waals surface area contributed by atoms with Crippen LogP contribution in [-0.2, 0) is 16.1 Å². The van der Waals surface area contributed by atoms with Gasteiger partial charge in [-0.3, -0.25) is 14.5 Å². The lowest BCUT2D eigenvalue weighted by molar-refractivity contribution is -0.138. The van der Waals surface area contributed by atoms with Gasteiger partial charge in [0.1, 0.15) is 17.2 Å². The minimum atomic E-state index is -0.298. The zero-order valence-electron chi connectivity index (χ0n) is 18.3. The molecule has 0 N–H and O–H groups in total. The molecule has 2 amide bonds. The van der Waals surface area contributed by atoms with Gasteiger partial charge in [0, 0.05) is 24.2 Å². The van der Waals surface area contributed by atoms with Crippen LogP contribution in [0.15, 0.2) is 54.2 Å². The highest BCUT2D eigenvalue weighted by molar-refractivity contribution is 6.35. The van der Waals surface area contributed by atoms with E-state index in [1.807, 2.05) is 48.5 Å². The summed E-state index contributed by atoms with van der Waals surface area (Å²) >= 11 is 0. The van der Waals surface area contributed by atoms with Crippen LogP contribution in [0.3, 0.4) is 0 Å². The number of piperidine rings is 1. The summed E-state index contributed by atoms with van der Waals surface area (Å²) in [7, 11) is 3.17. The summed E-state index contributed by atoms with van der Waals surface area (Å²) in [6.45, 7) is 3.87. The van der Waals surface area contributed by atoms with Crippen LogP contribution in [0, 0.1) is 5.92 Å². The summed E-state index contributed by atoms with van der Waals surface area (Å²) in [5, 5.41) is 0. The Labute approximate surface area is 183 Å². The van der Waals surface area contributed by atoms with Gasteiger partial charge in [-0.2, -0.15) is 0 Å². The molecule has 1 atom stereocenters. The average molecular weight is 421 g/mol. The molecule has 2 aliphatic rings. The highest BCUT2D eigenvalue weighted by Crippen LogP contribution is 2.38. The van der Waals surface area contributed by atoms with Crippen molar-refractivity contribution in [1.82, 2.24) is 9.80 Å². The van der Waals surface area contributed by atoms with Crippen molar-refractivity contribution in [2.75, 3.05) is 27.3 Å². The van der Waals surface area contributed by atoms with Crippen molar-refractivity contribution in [1.29, 1.82) is 0 Å². The molecule has 6 nitrogen and oxygen atoms in total. The lowest BCUT2D eigenvalue weighted by Crippen LogP contribution is -2.39. The number of likely N-dealkylation sites (tertiary alicyclic amines) is 1. The molecule has 0 saturated carbocycles. The Hall–Kier alpha value is -3.28. The van der Waals surface area contributed by atoms with Crippen molar-refractivity contribution in [3.05, 3.63) is 65.4 Å². The van der Waals surface area contributed by atoms with E-state index < -0.39 is 0 Å². The van der Waals surface area contributed by atoms with E-state index in [0.29, 0.717) is 34.3 Å². The van der Waals surface area contributed by atoms with Crippen molar-refractivity contribution < 1.29 is 19.1 Å². The second-order valence-electron chi connectivity index (χ2n) is 8.13. The zero-order chi connectivity index (χ0) is 22.0. The minimum absolute atomic E-state index is 0.160. The lowest BCUT2D eigenvalue weighted by Gasteiger charge is -2.33. The topological polar surface area (TPSA) is 59.1 Å². The predicted octanol–water partition coefficient (Wildman–Crippen LogP) is 3.72. The molecule has 2 aromatic carbocycles. The second-order valence-corrected chi connectivity index (χ2v) is 8.13. The van der Waals surface area contributed by atoms with E-state index in [0.717, 1.165) is 31.5 Å². The number of carbonyl (C=O) groups is 2. The van der Waals surface area contributed by atoms with Crippen LogP contribution >= 0.6 is 0 Å². The van der Waals surface area contributed by atoms with Gasteiger partial charge in [0.15, 0.2) is 0 Å². The van der Waals surface area contributed by atoms with Gasteiger partial charge < -0.3 is 14.4 Å². The first-order valence-corrected chi connectivity index (χ1v) is 10.7. The Balaban J connectivity index is 1.79. The highest BCUT2D eigenvalue weighted by atomic mass is 16.5. The number of carbonyl (C=O) groups excluding carboxylic acids is 2. The molecule has 2 heterocycles. The highest BCUT2D eigenvalue weighted by Gasteiger charge is 2.43. The molecule has 2 aromatic rings. The normalized spacial score (nSPS) is 19.3. The average Bonchev–Trinajstić information content (AvgIpc) is 3.04. The quantitative estimate of drug-likeness (QED) is 0.667. The molecule has 1 fully saturated rings. The third-order valence-electron chi connectivity index (χ3n) is 6.01. The Morgan fingerprint density at radius 3 is 2.32 bits per heavy atom. The Morgan fingerprint density at radius 2 is 1.61 bits per heavy atom. The number of benzene rings is 2. The monoisotopic (exact) mass is 420 g/mol. The molecule has 0 aromatic heterocycles. The number of ether oxygens (including phenoxy) is 2. The maximum Gasteiger partial charge on any atom is 0.278 e. The molecule has 162 valence electrons. The van der Waals surface area contributed by atoms with Crippen molar-refractivity contribution >= 4 is 17.4 Å². The summed E-state index contributed by atoms with van der Waals surface area (Å²) in [6.07, 6.45) is 2.12. The first kappa shape index (κ1) is 21.0. The first-order chi connectivity index (χ1) is 15.0. The molecule has 1 unspecified atom stereocenters. The van der Waals surface area contributed by atoms with Gasteiger partial charge in [-0.05, 0) is 30.9 Å². The predicted molar refractivity (Wildman–Crippen MR) is 118 cm³/mol. The van der Waals surface area contributed by atoms with E-state index in [9.17, 15) is 9.59 Å². The SMILES string of the molecule is COc1ccccc1CN1C(=O)C(c2ccccc2OC)=C(N2CCCC(C)C2)C1=O. The molecular formula is C25H28N2O4. The number of para-hydroxylation sites is 2. The van der Waals surface area contributed by atoms with Crippen LogP contribution in [0.4, 0.5) is 0 Å². The fourth-order valence-corrected chi connectivity index (χ4v) is 4.49. The van der Waals surface area contributed by atoms with Crippen molar-refractivity contribution in [3.8, 4) is 11.5 Å². The van der Waals surface area contributed by atoms with Crippen molar-refractivity contribution in [2.45, 2.75) is 26.3 Å². The number of amides is 2. The Bertz CT molecular complexity index is 1030. The van der Waals surface area contributed by atoms with Crippen molar-refractivity contribution in [3.63, 3.8) is 0 Å². The third kappa shape index (κ3) is 3.90. The summed E-state index contributed by atoms with van der Waals surface area (Å²) in [5.74, 6) is 1.15. The molecule has 0 spiro atoms. The fraction of sp³-hybridized carbons (Fsp3) is 0.360. The van der Waals surface area contributed by atoms with Gasteiger partial charge in [-0.15, -0.1) is 0 Å². The molecular weight excluding hydrogens is 392 g/mol. The minimum Gasteiger partial charge on any atom is -0.496 e. The van der Waals surface area contributed by atoms with E-state index in [2.05, 4.69) is 11.8 Å². The smallest absolute Gasteiger partial charge is 0.278 e. The maximum atomic E-state index is 13.6. The van der Waals surface area contributed by atoms with Crippen LogP contribution in [0.1, 0.15) is 30.9 Å². The van der Waals surface area contributed by atoms with Crippen LogP contribution in [0.25, 0.3) is 5.57 Å². The molecule has 6 heteroatoms. The number of nitrogens with zero attached hydrogens (tertiary/aromatic N) is 2. The zero-order valence-corrected chi connectivity index (χ0v) is 18.3. The largest absolute Gasteiger partial charge is 0.496 e. The summed E-state index contributed by atoms with van der Waals surface area (Å²) in [6, 6.07) is 14.9. The van der Waals surface area contributed by atoms with Crippen molar-refractivity contribution in [2.24, 2.45) is 5.92 Å². The van der Waals surface area contributed by atoms with Crippen LogP contribution in [0.2, 0.25) is 0 Å². The number of rotatable bonds is 6. The van der Waals surface area contributed by atoms with Crippen LogP contribution < -0.4 is 9.47 Å². The molecule has 2 aliphatic heterocycles. The van der Waals surface area contributed by atoms with E-state index in [1.54, 1.807) is 14.2 Å². The summed E-state index contributed by atoms with van der Waals surface area (Å²) < 4.78 is 11.0. The van der Waals surface area contributed by atoms with Gasteiger partial charge >= 0.3 is 0 Å². The van der Waals surface area contributed by atoms with Gasteiger partial charge in [0.05, 0.1) is 26.3 Å². The maximum absolute atomic E-state index is 13.6. The van der Waals surface area contributed by atoms with Gasteiger partial charge in [0.2, 0.25) is 0 Å². The molecule has 31 heavy (non-hydrogen) atoms. The number of methoxy groups -OCH3 is 2. The number of hydrogen-bond donors (Lipinski definition) is 0. The Morgan fingerprint density at radius 1 is 0.935 bits per heavy atom. The van der Waals surface area contributed by atoms with E-state index in [1.165, 1.54) is 4.90 Å². The van der Waals surface area contributed by atoms with E-state index in [-0.39, 0.29) is 18.4 Å². The lowest BCUT2D eigenvalue weighted by atomic mass is 9.97. The molecule has 0 bridgehead atoms. The molecule has 4 rings (SSSR count). The van der Waals surface area contributed by atoms with Gasteiger partial charge in [-0.25, -0.2) is 0 Å². The second kappa shape index (κ2) is 8.84. The van der Waals surface area contributed by atoms with Gasteiger partial charge in [-0.1, -0.05) is 43.3 Å². The third-order valence-corrected chi connectivity index (χ3v) is 6.01. The standard InChI is InChI=1S/C25H28N2O4/c1-17-9-8-14-26(15-17)23-22(19-11-5-7-13-21(19)31-3)24(28)27(25(23)29)16-18-10-4-6-12-20(18)30-2/h4-7,10-13,17H,8-9,14-16H2,1-3H3. The summed E-state index contributed by atoms with van der Waals surface area (Å²) in [4.78, 5) is 30.7. The van der Waals surface area contributed by atoms with Crippen LogP contribution in [-0.4, -0.2) is 48.9 Å². The summed E-state index contributed by atoms with van der Waals surface area (Å²) in [5.41, 5.74) is 2.35. The number of imide groups is 1. The van der Waals surface area contributed by atoms with Gasteiger partial charge in [0.25, 0.3) is 11.8 Å². The Kier molecular flexibility index (Phi) is 5.98. The number of hydrogen-bond acceptors (Lipinski definition) is 5. The van der Waals surface area contributed by atoms with E-state index >= 15 is 0 Å². The van der Waals surface area contributed by atoms with Crippen LogP contribution in [0.5, 0.6) is 11.5 Å². The molecule has 1 saturated heterocycles. The molecule has 0 radical (unpaired) electrons. The van der Waals surface area contributed by atoms with E-state index in [4.69, 9.17) is 9.47 Å². The first-order valence-electron chi connectivity index (χ1n) is 10.7.